The summed E-state index contributed by atoms with van der Waals surface area (Å²) in [5.41, 5.74) is 0.870. The Bertz CT molecular complexity index is 1660. The van der Waals surface area contributed by atoms with Crippen LogP contribution >= 0.6 is 0 Å². The molecule has 2 N–H and O–H groups in total. The maximum absolute atomic E-state index is 14.7. The van der Waals surface area contributed by atoms with Gasteiger partial charge in [0.15, 0.2) is 23.0 Å². The third-order valence-electron chi connectivity index (χ3n) is 10.9. The molecule has 6 nitrogen and oxygen atoms in total. The molecule has 0 heterocycles. The average molecular weight is 585 g/mol. The molecule has 2 aromatic rings. The average Bonchev–Trinajstić information content (AvgIpc) is 2.86. The topological polar surface area (TPSA) is 109 Å². The Morgan fingerprint density at radius 1 is 0.977 bits per heavy atom. The second-order valence-corrected chi connectivity index (χ2v) is 14.7. The van der Waals surface area contributed by atoms with Crippen LogP contribution in [0.3, 0.4) is 0 Å². The summed E-state index contributed by atoms with van der Waals surface area (Å²) in [4.78, 5) is 56.1. The maximum atomic E-state index is 14.7. The highest BCUT2D eigenvalue weighted by Crippen LogP contribution is 2.65. The minimum absolute atomic E-state index is 0.0292. The Morgan fingerprint density at radius 3 is 2.14 bits per heavy atom. The quantitative estimate of drug-likeness (QED) is 0.308. The molecule has 0 aliphatic heterocycles. The van der Waals surface area contributed by atoms with E-state index in [0.717, 1.165) is 27.8 Å². The number of aryl methyl sites for hydroxylation is 2. The first kappa shape index (κ1) is 31.1. The minimum Gasteiger partial charge on any atom is -0.507 e. The van der Waals surface area contributed by atoms with Gasteiger partial charge in [-0.05, 0) is 92.0 Å². The Morgan fingerprint density at radius 2 is 1.60 bits per heavy atom. The summed E-state index contributed by atoms with van der Waals surface area (Å²) in [6, 6.07) is 7.88. The van der Waals surface area contributed by atoms with E-state index in [1.807, 2.05) is 58.9 Å². The fourth-order valence-electron chi connectivity index (χ4n) is 9.42. The second-order valence-electron chi connectivity index (χ2n) is 14.7. The summed E-state index contributed by atoms with van der Waals surface area (Å²) in [7, 11) is 0. The zero-order chi connectivity index (χ0) is 32.1. The van der Waals surface area contributed by atoms with Crippen LogP contribution in [0.2, 0.25) is 0 Å². The number of carbonyl (C=O) groups excluding carboxylic acids is 4. The number of rotatable bonds is 4. The van der Waals surface area contributed by atoms with Crippen LogP contribution in [-0.4, -0.2) is 38.9 Å². The lowest BCUT2D eigenvalue weighted by molar-refractivity contribution is -0.192. The monoisotopic (exact) mass is 584 g/mol. The summed E-state index contributed by atoms with van der Waals surface area (Å²) in [5, 5.41) is 24.1. The van der Waals surface area contributed by atoms with Gasteiger partial charge in [-0.3, -0.25) is 19.2 Å². The van der Waals surface area contributed by atoms with E-state index in [4.69, 9.17) is 0 Å². The van der Waals surface area contributed by atoms with Crippen molar-refractivity contribution in [2.45, 2.75) is 93.6 Å². The molecule has 0 bridgehead atoms. The van der Waals surface area contributed by atoms with Crippen LogP contribution in [0.25, 0.3) is 11.1 Å². The van der Waals surface area contributed by atoms with E-state index in [-0.39, 0.29) is 35.1 Å². The molecule has 1 fully saturated rings. The Labute approximate surface area is 254 Å². The molecule has 5 rings (SSSR count). The Kier molecular flexibility index (Phi) is 7.09. The molecule has 0 amide bonds. The summed E-state index contributed by atoms with van der Waals surface area (Å²) >= 11 is 0. The largest absolute Gasteiger partial charge is 0.507 e. The summed E-state index contributed by atoms with van der Waals surface area (Å²) < 4.78 is 0. The summed E-state index contributed by atoms with van der Waals surface area (Å²) in [6.07, 6.45) is 0.567. The molecule has 0 saturated heterocycles. The number of aromatic hydroxyl groups is 1. The normalized spacial score (nSPS) is 30.5. The van der Waals surface area contributed by atoms with Gasteiger partial charge >= 0.3 is 0 Å². The minimum atomic E-state index is -2.54. The number of carbonyl (C=O) groups is 4. The Balaban J connectivity index is 1.79. The molecule has 6 heteroatoms. The number of Topliss-reactive ketones (excluding diaryl/α,β-unsaturated/α-hetero) is 4. The van der Waals surface area contributed by atoms with E-state index in [0.29, 0.717) is 17.6 Å². The van der Waals surface area contributed by atoms with Crippen LogP contribution in [-0.2, 0) is 20.8 Å². The van der Waals surface area contributed by atoms with Gasteiger partial charge in [0.25, 0.3) is 0 Å². The molecule has 2 aromatic carbocycles. The van der Waals surface area contributed by atoms with Crippen molar-refractivity contribution in [1.82, 2.24) is 0 Å². The number of phenolic OH excluding ortho intramolecular Hbond substituents is 1. The second kappa shape index (κ2) is 9.82. The van der Waals surface area contributed by atoms with Crippen molar-refractivity contribution in [3.8, 4) is 16.9 Å². The van der Waals surface area contributed by atoms with Gasteiger partial charge in [-0.15, -0.1) is 0 Å². The van der Waals surface area contributed by atoms with Gasteiger partial charge in [-0.2, -0.15) is 0 Å². The first-order chi connectivity index (χ1) is 19.8. The lowest BCUT2D eigenvalue weighted by atomic mass is 9.40. The molecule has 3 aliphatic carbocycles. The molecule has 3 aliphatic rings. The summed E-state index contributed by atoms with van der Waals surface area (Å²) in [5.74, 6) is -4.85. The fourth-order valence-corrected chi connectivity index (χ4v) is 9.42. The van der Waals surface area contributed by atoms with Gasteiger partial charge in [0, 0.05) is 11.0 Å². The van der Waals surface area contributed by atoms with Crippen LogP contribution in [0, 0.1) is 42.4 Å². The smallest absolute Gasteiger partial charge is 0.206 e. The van der Waals surface area contributed by atoms with E-state index in [1.54, 1.807) is 13.8 Å². The molecule has 0 radical (unpaired) electrons. The van der Waals surface area contributed by atoms with Crippen molar-refractivity contribution in [1.29, 1.82) is 0 Å². The third-order valence-corrected chi connectivity index (χ3v) is 10.9. The predicted molar refractivity (Wildman–Crippen MR) is 166 cm³/mol. The van der Waals surface area contributed by atoms with Crippen LogP contribution in [0.1, 0.15) is 100 Å². The van der Waals surface area contributed by atoms with Gasteiger partial charge in [-0.25, -0.2) is 0 Å². The number of hydrogen-bond donors (Lipinski definition) is 2. The number of fused-ring (bicyclic) bond motifs is 3. The molecule has 1 unspecified atom stereocenters. The molecular weight excluding hydrogens is 540 g/mol. The highest BCUT2D eigenvalue weighted by atomic mass is 16.3. The van der Waals surface area contributed by atoms with Gasteiger partial charge in [0.2, 0.25) is 5.78 Å². The molecule has 0 aromatic heterocycles. The third kappa shape index (κ3) is 4.01. The lowest BCUT2D eigenvalue weighted by Gasteiger charge is -2.62. The number of ketones is 4. The van der Waals surface area contributed by atoms with Gasteiger partial charge < -0.3 is 10.2 Å². The van der Waals surface area contributed by atoms with Crippen LogP contribution < -0.4 is 0 Å². The number of hydrogen-bond acceptors (Lipinski definition) is 6. The number of aliphatic hydroxyl groups is 1. The maximum Gasteiger partial charge on any atom is 0.206 e. The number of allylic oxidation sites excluding steroid dienone is 1. The van der Waals surface area contributed by atoms with E-state index in [1.165, 1.54) is 6.92 Å². The highest BCUT2D eigenvalue weighted by Gasteiger charge is 2.73. The zero-order valence-corrected chi connectivity index (χ0v) is 27.1. The SMILES string of the molecule is CC(=O)C1=C(C)[C@@H](C(C)C)[C@]2(C)C[C@]3(C)Cc4c(C(C)C)cc(-c5ccc(C)cc5C)c(O)c4C(=O)C3C(=O)[C@]2(O)C1=O. The van der Waals surface area contributed by atoms with Crippen LogP contribution in [0.15, 0.2) is 35.4 Å². The van der Waals surface area contributed by atoms with E-state index < -0.39 is 51.4 Å². The van der Waals surface area contributed by atoms with E-state index >= 15 is 0 Å². The Hall–Kier alpha value is -3.38. The molecule has 0 spiro atoms. The number of phenols is 1. The zero-order valence-electron chi connectivity index (χ0n) is 27.1. The van der Waals surface area contributed by atoms with E-state index in [2.05, 4.69) is 13.8 Å². The molecule has 1 saturated carbocycles. The first-order valence-electron chi connectivity index (χ1n) is 15.4. The fraction of sp³-hybridized carbons (Fsp3) is 0.514. The summed E-state index contributed by atoms with van der Waals surface area (Å²) in [6.45, 7) is 18.7. The standard InChI is InChI=1S/C37H44O6/c1-17(2)24-14-25(23-12-11-19(5)13-20(23)6)31(39)28-26(24)15-35(9)16-36(10)29(18(3)4)21(7)27(22(8)38)33(41)37(36,43)34(42)30(35)32(28)40/h11-14,17-18,29-30,39,43H,15-16H2,1-10H3/t29-,30?,35+,36+,37-/m1/s1. The van der Waals surface area contributed by atoms with E-state index in [9.17, 15) is 29.4 Å². The van der Waals surface area contributed by atoms with Crippen molar-refractivity contribution in [3.63, 3.8) is 0 Å². The van der Waals surface area contributed by atoms with Gasteiger partial charge in [0.1, 0.15) is 5.75 Å². The predicted octanol–water partition coefficient (Wildman–Crippen LogP) is 6.63. The van der Waals surface area contributed by atoms with Crippen LogP contribution in [0.5, 0.6) is 5.75 Å². The van der Waals surface area contributed by atoms with Gasteiger partial charge in [0.05, 0.1) is 17.1 Å². The first-order valence-corrected chi connectivity index (χ1v) is 15.4. The van der Waals surface area contributed by atoms with Crippen molar-refractivity contribution >= 4 is 23.1 Å². The van der Waals surface area contributed by atoms with Crippen molar-refractivity contribution < 1.29 is 29.4 Å². The van der Waals surface area contributed by atoms with Crippen LogP contribution in [0.4, 0.5) is 0 Å². The molecular formula is C37H44O6. The van der Waals surface area contributed by atoms with Crippen molar-refractivity contribution in [2.75, 3.05) is 0 Å². The van der Waals surface area contributed by atoms with Crippen molar-refractivity contribution in [3.05, 3.63) is 63.2 Å². The number of benzene rings is 2. The lowest BCUT2D eigenvalue weighted by Crippen LogP contribution is -2.73. The molecule has 5 atom stereocenters. The van der Waals surface area contributed by atoms with Crippen molar-refractivity contribution in [2.24, 2.45) is 28.6 Å². The van der Waals surface area contributed by atoms with Gasteiger partial charge in [-0.1, -0.05) is 70.9 Å². The highest BCUT2D eigenvalue weighted by molar-refractivity contribution is 6.33. The molecule has 43 heavy (non-hydrogen) atoms. The molecule has 228 valence electrons.